The number of hydrogen-bond acceptors (Lipinski definition) is 19. The molecule has 2 aliphatic carbocycles. The van der Waals surface area contributed by atoms with Gasteiger partial charge in [0, 0.05) is 73.4 Å². The summed E-state index contributed by atoms with van der Waals surface area (Å²) < 4.78 is 32.5. The second-order valence-corrected chi connectivity index (χ2v) is 38.1. The first-order valence-corrected chi connectivity index (χ1v) is 46.1. The highest BCUT2D eigenvalue weighted by molar-refractivity contribution is 9.10. The minimum Gasteiger partial charge on any atom is -0.453 e. The smallest absolute Gasteiger partial charge is 0.453 e. The van der Waals surface area contributed by atoms with E-state index in [0.29, 0.717) is 37.8 Å². The number of fused-ring (bicyclic) bond motifs is 6. The van der Waals surface area contributed by atoms with Crippen LogP contribution < -0.4 is 26.7 Å². The molecule has 29 nitrogen and oxygen atoms in total. The highest BCUT2D eigenvalue weighted by atomic mass is 79.9. The number of carbonyl (C=O) groups is 8. The predicted octanol–water partition coefficient (Wildman–Crippen LogP) is 15.8. The fourth-order valence-electron chi connectivity index (χ4n) is 19.8. The number of H-pyrrole nitrogens is 2. The molecule has 7 N–H and O–H groups in total. The lowest BCUT2D eigenvalue weighted by Gasteiger charge is -2.38. The van der Waals surface area contributed by atoms with Crippen molar-refractivity contribution in [3.8, 4) is 33.6 Å². The van der Waals surface area contributed by atoms with Crippen LogP contribution >= 0.6 is 15.9 Å². The molecule has 7 fully saturated rings. The lowest BCUT2D eigenvalue weighted by molar-refractivity contribution is -0.138. The van der Waals surface area contributed by atoms with E-state index in [1.807, 2.05) is 99.1 Å². The first-order chi connectivity index (χ1) is 62.3. The van der Waals surface area contributed by atoms with Gasteiger partial charge in [0.25, 0.3) is 0 Å². The van der Waals surface area contributed by atoms with Crippen molar-refractivity contribution in [2.45, 2.75) is 225 Å². The number of aromatic nitrogens is 4. The van der Waals surface area contributed by atoms with Gasteiger partial charge in [0.2, 0.25) is 23.6 Å². The predicted molar refractivity (Wildman–Crippen MR) is 505 cm³/mol. The number of halogens is 1. The van der Waals surface area contributed by atoms with Crippen LogP contribution in [0.4, 0.5) is 19.2 Å². The summed E-state index contributed by atoms with van der Waals surface area (Å²) in [6, 6.07) is 39.6. The number of aromatic amines is 2. The quantitative estimate of drug-likeness (QED) is 0.0259. The van der Waals surface area contributed by atoms with Gasteiger partial charge in [0.1, 0.15) is 35.8 Å². The summed E-state index contributed by atoms with van der Waals surface area (Å²) in [5, 5.41) is 22.3. The number of likely N-dealkylation sites (tertiary alicyclic amines) is 4. The van der Waals surface area contributed by atoms with Crippen molar-refractivity contribution in [2.24, 2.45) is 39.6 Å². The number of ether oxygens (including phenoxy) is 4. The van der Waals surface area contributed by atoms with Crippen LogP contribution in [0.25, 0.3) is 66.3 Å². The molecular weight excluding hydrogens is 1720 g/mol. The van der Waals surface area contributed by atoms with E-state index in [4.69, 9.17) is 43.6 Å². The molecule has 0 spiro atoms. The maximum Gasteiger partial charge on any atom is 0.494 e. The highest BCUT2D eigenvalue weighted by Gasteiger charge is 2.55. The van der Waals surface area contributed by atoms with Gasteiger partial charge in [-0.15, -0.1) is 0 Å². The van der Waals surface area contributed by atoms with Crippen molar-refractivity contribution in [1.29, 1.82) is 0 Å². The van der Waals surface area contributed by atoms with E-state index in [0.717, 1.165) is 182 Å². The number of aliphatic hydroxyl groups excluding tert-OH is 1. The van der Waals surface area contributed by atoms with Crippen molar-refractivity contribution in [3.63, 3.8) is 0 Å². The number of nitrogens with one attached hydrogen (secondary N) is 6. The van der Waals surface area contributed by atoms with E-state index >= 15 is 0 Å². The second kappa shape index (κ2) is 40.5. The number of hydrogen-bond donors (Lipinski definition) is 7. The number of allylic oxidation sites excluding steroid dienone is 2. The molecule has 5 saturated heterocycles. The third-order valence-electron chi connectivity index (χ3n) is 27.5. The van der Waals surface area contributed by atoms with E-state index in [-0.39, 0.29) is 88.8 Å². The Kier molecular flexibility index (Phi) is 29.4. The molecule has 0 unspecified atom stereocenters. The van der Waals surface area contributed by atoms with Gasteiger partial charge in [-0.05, 0) is 230 Å². The maximum absolute atomic E-state index is 14.0. The van der Waals surface area contributed by atoms with Gasteiger partial charge in [-0.2, -0.15) is 0 Å². The van der Waals surface area contributed by atoms with Gasteiger partial charge >= 0.3 is 31.5 Å². The number of piperidine rings is 2. The number of benzene rings is 6. The summed E-state index contributed by atoms with van der Waals surface area (Å²) in [5.74, 6) is 1.68. The standard InChI is InChI=1S/C47H55N7O6.C33H42BN3O5.C18H21BrN4O3.CH4O/c1-26(2)40(51-46(57)59-5)44(55)53-19-7-8-39(53)43-49-25-38(50-43)29-11-9-28(10-12-29)30-13-14-32-21-33(16-15-31(32)20-30)35-23-37(48-24-35)42-34-17-18-36(22-34)54(42)45(56)41(27(3)4)52-47(58)60-6;1-19(2)28(36-31(39)40-7)30(38)37-26-13-11-23(16-26)29(37)27-17-24(18-35-27)21-8-9-22-15-25(12-10-20(22)14-21)34-41-32(3,4)33(5,6)42-34;1-11(21-18(25)26-2)17(24)23-9-3-4-15(23)16-20-10-14(22-16)12-5-7-13(19)8-6-12;1-2/h9-16,20-21,24-27,34,36,39-42H,7-8,17-19,22-23H2,1-6H3,(H,49,50)(H,51,57)(H,52,58);8-10,12,14-15,18-19,23,26,28-29H,11,13,16-17H2,1-7H3,(H,36,39);5-8,10-11,15H,3-4,9H2,1-2H3,(H,20,22)(H,21,25);2H,1H3/t34-,36+,39-,40-,41-,42-;23-,26+,28-,29-;11-,15-;/m000./s1. The molecule has 6 aromatic carbocycles. The minimum absolute atomic E-state index is 0.0337. The van der Waals surface area contributed by atoms with Crippen molar-refractivity contribution >= 4 is 121 Å². The molecule has 7 aliphatic heterocycles. The Morgan fingerprint density at radius 3 is 1.26 bits per heavy atom. The fourth-order valence-corrected chi connectivity index (χ4v) is 20.1. The molecule has 31 heteroatoms. The molecule has 8 aromatic rings. The van der Waals surface area contributed by atoms with Crippen molar-refractivity contribution in [1.82, 2.24) is 60.8 Å². The van der Waals surface area contributed by atoms with Crippen LogP contribution in [0.3, 0.4) is 0 Å². The van der Waals surface area contributed by atoms with E-state index < -0.39 is 55.7 Å². The Morgan fingerprint density at radius 1 is 0.462 bits per heavy atom. The summed E-state index contributed by atoms with van der Waals surface area (Å²) in [5.41, 5.74) is 12.9. The molecule has 2 aromatic heterocycles. The van der Waals surface area contributed by atoms with Gasteiger partial charge in [-0.3, -0.25) is 29.2 Å². The van der Waals surface area contributed by atoms with Gasteiger partial charge in [-0.25, -0.2) is 29.1 Å². The highest BCUT2D eigenvalue weighted by Crippen LogP contribution is 2.49. The summed E-state index contributed by atoms with van der Waals surface area (Å²) in [6.45, 7) is 22.8. The molecule has 0 radical (unpaired) electrons. The number of aliphatic hydroxyl groups is 1. The third kappa shape index (κ3) is 20.2. The Balaban J connectivity index is 0.000000169. The van der Waals surface area contributed by atoms with Gasteiger partial charge in [0.05, 0.1) is 87.6 Å². The normalized spacial score (nSPS) is 22.3. The van der Waals surface area contributed by atoms with Crippen molar-refractivity contribution in [3.05, 3.63) is 173 Å². The number of imidazole rings is 2. The Labute approximate surface area is 768 Å². The maximum atomic E-state index is 14.0. The zero-order valence-electron chi connectivity index (χ0n) is 77.1. The zero-order chi connectivity index (χ0) is 92.9. The van der Waals surface area contributed by atoms with Crippen LogP contribution in [0.1, 0.15) is 188 Å². The van der Waals surface area contributed by atoms with Gasteiger partial charge < -0.3 is 84.2 Å². The second-order valence-electron chi connectivity index (χ2n) is 37.2. The van der Waals surface area contributed by atoms with E-state index in [1.165, 1.54) is 28.4 Å². The van der Waals surface area contributed by atoms with Crippen LogP contribution in [0, 0.1) is 29.6 Å². The molecule has 688 valence electrons. The first-order valence-electron chi connectivity index (χ1n) is 45.3. The van der Waals surface area contributed by atoms with Crippen LogP contribution in [0.2, 0.25) is 0 Å². The number of amides is 8. The number of alkyl carbamates (subject to hydrolysis) is 4. The minimum atomic E-state index is -0.684. The van der Waals surface area contributed by atoms with Crippen molar-refractivity contribution < 1.29 is 71.7 Å². The first kappa shape index (κ1) is 94.6. The molecular formula is C99H122BBrN14O15. The number of methoxy groups -OCH3 is 4. The lowest BCUT2D eigenvalue weighted by atomic mass is 9.78. The van der Waals surface area contributed by atoms with E-state index in [2.05, 4.69) is 182 Å². The summed E-state index contributed by atoms with van der Waals surface area (Å²) in [7, 11) is 5.82. The summed E-state index contributed by atoms with van der Waals surface area (Å²) >= 11 is 3.43. The number of aliphatic imine (C=N–C) groups is 2. The molecule has 8 amide bonds. The topological polar surface area (TPSA) is 355 Å². The Hall–Kier alpha value is -11.5. The van der Waals surface area contributed by atoms with Gasteiger partial charge in [-0.1, -0.05) is 148 Å². The average Bonchev–Trinajstić information content (AvgIpc) is 1.64. The molecule has 2 saturated carbocycles. The Morgan fingerprint density at radius 2 is 0.831 bits per heavy atom. The Bertz CT molecular complexity index is 5630. The molecule has 12 atom stereocenters. The molecule has 9 heterocycles. The van der Waals surface area contributed by atoms with E-state index in [9.17, 15) is 38.4 Å². The van der Waals surface area contributed by atoms with Crippen LogP contribution in [0.5, 0.6) is 0 Å². The number of rotatable bonds is 21. The lowest BCUT2D eigenvalue weighted by Crippen LogP contribution is -2.57. The number of carbonyl (C=O) groups excluding carboxylic acids is 8. The zero-order valence-corrected chi connectivity index (χ0v) is 78.7. The molecule has 130 heavy (non-hydrogen) atoms. The molecule has 9 aliphatic rings. The van der Waals surface area contributed by atoms with Crippen LogP contribution in [-0.4, -0.2) is 219 Å². The van der Waals surface area contributed by atoms with Gasteiger partial charge in [0.15, 0.2) is 0 Å². The monoisotopic (exact) mass is 1840 g/mol. The number of nitrogens with zero attached hydrogens (tertiary/aromatic N) is 8. The molecule has 4 bridgehead atoms. The van der Waals surface area contributed by atoms with Crippen molar-refractivity contribution in [2.75, 3.05) is 48.6 Å². The SMILES string of the molecule is CO.COC(=O)N[C@@H](C)C(=O)N1CCC[C@H]1c1ncc(-c2ccc(Br)cc2)[nH]1.COC(=O)N[C@H](C(=O)N1CCC[C@H]1c1ncc(-c2ccc(-c3ccc4cc(C5=CN=C([C@@H]6[C@H]7CC[C@H](C7)N6C(=O)[C@@H](NC(=O)OC)C(C)C)C5)ccc4c3)cc2)[nH]1)C(C)C.COC(=O)N[C@H](C(=O)N1[C@@H]2CC[C@@H](C2)[C@H]1C1=NC=C(c2ccc3cc(B4OC(C)(C)C(C)(C)O4)ccc3c2)C1)C(C)C. The third-order valence-corrected chi connectivity index (χ3v) is 28.0. The molecule has 17 rings (SSSR count). The van der Waals surface area contributed by atoms with Crippen LogP contribution in [0.15, 0.2) is 161 Å². The van der Waals surface area contributed by atoms with E-state index in [1.54, 1.807) is 18.0 Å². The summed E-state index contributed by atoms with van der Waals surface area (Å²) in [6.07, 6.45) is 16.0. The van der Waals surface area contributed by atoms with Crippen LogP contribution in [-0.2, 0) is 47.4 Å². The fraction of sp³-hybridized carbons (Fsp3) is 0.475. The average molecular weight is 1840 g/mol. The largest absolute Gasteiger partial charge is 0.494 e. The summed E-state index contributed by atoms with van der Waals surface area (Å²) in [4.78, 5) is 135.